The van der Waals surface area contributed by atoms with E-state index >= 15 is 0 Å². The largest absolute Gasteiger partial charge is 0.340 e. The fourth-order valence-electron chi connectivity index (χ4n) is 3.54. The van der Waals surface area contributed by atoms with Crippen LogP contribution >= 0.6 is 11.3 Å². The van der Waals surface area contributed by atoms with Crippen molar-refractivity contribution in [3.63, 3.8) is 0 Å². The van der Waals surface area contributed by atoms with Crippen molar-refractivity contribution in [2.45, 2.75) is 43.1 Å². The Labute approximate surface area is 157 Å². The molecule has 0 bridgehead atoms. The molecular formula is C19H21N3O2S2. The summed E-state index contributed by atoms with van der Waals surface area (Å²) in [6.07, 6.45) is 6.35. The summed E-state index contributed by atoms with van der Waals surface area (Å²) in [7, 11) is -3.10. The van der Waals surface area contributed by atoms with Gasteiger partial charge >= 0.3 is 0 Å². The molecule has 3 aromatic rings. The van der Waals surface area contributed by atoms with E-state index in [-0.39, 0.29) is 11.0 Å². The number of fused-ring (bicyclic) bond motifs is 1. The summed E-state index contributed by atoms with van der Waals surface area (Å²) in [5, 5.41) is 6.07. The van der Waals surface area contributed by atoms with Gasteiger partial charge < -0.3 is 5.32 Å². The monoisotopic (exact) mass is 387 g/mol. The van der Waals surface area contributed by atoms with Crippen LogP contribution in [0, 0.1) is 0 Å². The highest BCUT2D eigenvalue weighted by Crippen LogP contribution is 2.29. The highest BCUT2D eigenvalue weighted by Gasteiger charge is 2.27. The number of rotatable bonds is 5. The van der Waals surface area contributed by atoms with Crippen molar-refractivity contribution in [1.29, 1.82) is 0 Å². The lowest BCUT2D eigenvalue weighted by molar-refractivity contribution is 0.483. The number of thiophene rings is 1. The van der Waals surface area contributed by atoms with Gasteiger partial charge in [-0.25, -0.2) is 18.4 Å². The maximum Gasteiger partial charge on any atom is 0.157 e. The van der Waals surface area contributed by atoms with E-state index in [0.717, 1.165) is 59.4 Å². The predicted octanol–water partition coefficient (Wildman–Crippen LogP) is 4.68. The number of sulfone groups is 1. The molecule has 0 unspecified atom stereocenters. The first-order chi connectivity index (χ1) is 12.6. The van der Waals surface area contributed by atoms with Crippen LogP contribution in [0.3, 0.4) is 0 Å². The van der Waals surface area contributed by atoms with Crippen LogP contribution in [0.5, 0.6) is 0 Å². The average Bonchev–Trinajstić information content (AvgIpc) is 3.12. The fraction of sp³-hybridized carbons (Fsp3) is 0.368. The maximum absolute atomic E-state index is 12.7. The van der Waals surface area contributed by atoms with Crippen LogP contribution in [0.1, 0.15) is 37.7 Å². The van der Waals surface area contributed by atoms with Crippen LogP contribution in [-0.2, 0) is 15.6 Å². The normalized spacial score (nSPS) is 16.0. The minimum Gasteiger partial charge on any atom is -0.340 e. The first kappa shape index (κ1) is 17.4. The molecule has 1 aliphatic rings. The Bertz CT molecular complexity index is 1010. The minimum atomic E-state index is -3.10. The summed E-state index contributed by atoms with van der Waals surface area (Å²) in [6, 6.07) is 9.59. The number of nitrogens with one attached hydrogen (secondary N) is 1. The second-order valence-electron chi connectivity index (χ2n) is 6.75. The van der Waals surface area contributed by atoms with Gasteiger partial charge in [-0.2, -0.15) is 0 Å². The number of hydrogen-bond donors (Lipinski definition) is 1. The summed E-state index contributed by atoms with van der Waals surface area (Å²) >= 11 is 1.57. The molecule has 1 aromatic carbocycles. The van der Waals surface area contributed by atoms with Gasteiger partial charge in [0.05, 0.1) is 16.4 Å². The quantitative estimate of drug-likeness (QED) is 0.688. The smallest absolute Gasteiger partial charge is 0.157 e. The van der Waals surface area contributed by atoms with E-state index in [2.05, 4.69) is 15.3 Å². The Balaban J connectivity index is 1.54. The number of hydrogen-bond acceptors (Lipinski definition) is 6. The Hall–Kier alpha value is -1.99. The summed E-state index contributed by atoms with van der Waals surface area (Å²) in [6.45, 7) is 0. The number of anilines is 2. The lowest BCUT2D eigenvalue weighted by Gasteiger charge is -2.21. The summed E-state index contributed by atoms with van der Waals surface area (Å²) in [5.74, 6) is 0.841. The Morgan fingerprint density at radius 1 is 1.12 bits per heavy atom. The number of nitrogens with zero attached hydrogens (tertiary/aromatic N) is 2. The van der Waals surface area contributed by atoms with Crippen molar-refractivity contribution in [3.05, 3.63) is 47.6 Å². The zero-order chi connectivity index (χ0) is 18.0. The molecule has 0 amide bonds. The van der Waals surface area contributed by atoms with Gasteiger partial charge in [0, 0.05) is 5.69 Å². The van der Waals surface area contributed by atoms with Crippen LogP contribution in [0.2, 0.25) is 0 Å². The third-order valence-corrected chi connectivity index (χ3v) is 7.92. The molecule has 7 heteroatoms. The Morgan fingerprint density at radius 3 is 2.81 bits per heavy atom. The standard InChI is InChI=1S/C19H21N3O2S2/c23-26(24,16-7-2-1-3-8-16)12-14-5-4-6-15(11-14)22-18-17-9-10-25-19(17)21-13-20-18/h4-6,9-11,13,16H,1-3,7-8,12H2,(H,20,21,22). The van der Waals surface area contributed by atoms with E-state index < -0.39 is 9.84 Å². The molecule has 1 saturated carbocycles. The zero-order valence-corrected chi connectivity index (χ0v) is 16.0. The predicted molar refractivity (Wildman–Crippen MR) is 107 cm³/mol. The van der Waals surface area contributed by atoms with Crippen LogP contribution < -0.4 is 5.32 Å². The molecule has 0 aliphatic heterocycles. The molecule has 26 heavy (non-hydrogen) atoms. The molecule has 0 spiro atoms. The summed E-state index contributed by atoms with van der Waals surface area (Å²) in [4.78, 5) is 9.50. The molecule has 136 valence electrons. The average molecular weight is 388 g/mol. The van der Waals surface area contributed by atoms with Gasteiger partial charge in [0.25, 0.3) is 0 Å². The van der Waals surface area contributed by atoms with Gasteiger partial charge in [0.1, 0.15) is 17.0 Å². The SMILES string of the molecule is O=S(=O)(Cc1cccc(Nc2ncnc3sccc23)c1)C1CCCCC1. The van der Waals surface area contributed by atoms with Crippen molar-refractivity contribution in [2.24, 2.45) is 0 Å². The molecule has 1 fully saturated rings. The molecule has 0 saturated heterocycles. The van der Waals surface area contributed by atoms with Crippen molar-refractivity contribution in [1.82, 2.24) is 9.97 Å². The zero-order valence-electron chi connectivity index (χ0n) is 14.4. The van der Waals surface area contributed by atoms with Crippen molar-refractivity contribution < 1.29 is 8.42 Å². The molecule has 5 nitrogen and oxygen atoms in total. The molecule has 1 N–H and O–H groups in total. The van der Waals surface area contributed by atoms with Gasteiger partial charge in [0.2, 0.25) is 0 Å². The van der Waals surface area contributed by atoms with Gasteiger partial charge in [0.15, 0.2) is 9.84 Å². The van der Waals surface area contributed by atoms with Crippen molar-refractivity contribution in [2.75, 3.05) is 5.32 Å². The summed E-state index contributed by atoms with van der Waals surface area (Å²) < 4.78 is 25.5. The third-order valence-electron chi connectivity index (χ3n) is 4.88. The van der Waals surface area contributed by atoms with Gasteiger partial charge in [-0.3, -0.25) is 0 Å². The lowest BCUT2D eigenvalue weighted by Crippen LogP contribution is -2.25. The molecular weight excluding hydrogens is 366 g/mol. The molecule has 2 heterocycles. The first-order valence-electron chi connectivity index (χ1n) is 8.87. The van der Waals surface area contributed by atoms with Gasteiger partial charge in [-0.05, 0) is 42.0 Å². The van der Waals surface area contributed by atoms with E-state index in [9.17, 15) is 8.42 Å². The lowest BCUT2D eigenvalue weighted by atomic mass is 10.0. The minimum absolute atomic E-state index is 0.102. The van der Waals surface area contributed by atoms with E-state index in [1.165, 1.54) is 0 Å². The van der Waals surface area contributed by atoms with Crippen LogP contribution in [-0.4, -0.2) is 23.6 Å². The van der Waals surface area contributed by atoms with Gasteiger partial charge in [-0.1, -0.05) is 31.4 Å². The van der Waals surface area contributed by atoms with Crippen molar-refractivity contribution in [3.8, 4) is 0 Å². The molecule has 2 aromatic heterocycles. The second-order valence-corrected chi connectivity index (χ2v) is 9.93. The highest BCUT2D eigenvalue weighted by molar-refractivity contribution is 7.91. The van der Waals surface area contributed by atoms with Crippen molar-refractivity contribution >= 4 is 42.9 Å². The third kappa shape index (κ3) is 3.73. The Morgan fingerprint density at radius 2 is 1.96 bits per heavy atom. The highest BCUT2D eigenvalue weighted by atomic mass is 32.2. The van der Waals surface area contributed by atoms with E-state index in [1.54, 1.807) is 17.7 Å². The summed E-state index contributed by atoms with van der Waals surface area (Å²) in [5.41, 5.74) is 1.66. The first-order valence-corrected chi connectivity index (χ1v) is 11.5. The number of aromatic nitrogens is 2. The molecule has 4 rings (SSSR count). The second kappa shape index (κ2) is 7.32. The van der Waals surface area contributed by atoms with Crippen LogP contribution in [0.25, 0.3) is 10.2 Å². The molecule has 0 radical (unpaired) electrons. The van der Waals surface area contributed by atoms with Crippen LogP contribution in [0.4, 0.5) is 11.5 Å². The van der Waals surface area contributed by atoms with E-state index in [1.807, 2.05) is 35.7 Å². The topological polar surface area (TPSA) is 72.0 Å². The molecule has 0 atom stereocenters. The van der Waals surface area contributed by atoms with E-state index in [0.29, 0.717) is 0 Å². The maximum atomic E-state index is 12.7. The Kier molecular flexibility index (Phi) is 4.91. The molecule has 1 aliphatic carbocycles. The number of benzene rings is 1. The fourth-order valence-corrected chi connectivity index (χ4v) is 6.20. The van der Waals surface area contributed by atoms with Crippen LogP contribution in [0.15, 0.2) is 42.0 Å². The van der Waals surface area contributed by atoms with E-state index in [4.69, 9.17) is 0 Å². The van der Waals surface area contributed by atoms with Gasteiger partial charge in [-0.15, -0.1) is 11.3 Å².